The zero-order valence-corrected chi connectivity index (χ0v) is 13.8. The third kappa shape index (κ3) is 5.64. The summed E-state index contributed by atoms with van der Waals surface area (Å²) < 4.78 is 14.4. The molecule has 4 nitrogen and oxygen atoms in total. The van der Waals surface area contributed by atoms with E-state index in [9.17, 15) is 9.18 Å². The molecule has 0 saturated carbocycles. The molecule has 0 aliphatic rings. The van der Waals surface area contributed by atoms with Gasteiger partial charge in [-0.1, -0.05) is 47.0 Å². The monoisotopic (exact) mass is 343 g/mol. The Kier molecular flexibility index (Phi) is 6.47. The highest BCUT2D eigenvalue weighted by atomic mass is 32.2. The van der Waals surface area contributed by atoms with Crippen molar-refractivity contribution in [2.24, 2.45) is 0 Å². The fraction of sp³-hybridized carbons (Fsp3) is 0.308. The minimum absolute atomic E-state index is 0.0389. The van der Waals surface area contributed by atoms with Crippen LogP contribution in [0.4, 0.5) is 4.39 Å². The molecule has 1 aromatic carbocycles. The maximum atomic E-state index is 12.7. The van der Waals surface area contributed by atoms with Gasteiger partial charge >= 0.3 is 0 Å². The topological polar surface area (TPSA) is 54.9 Å². The summed E-state index contributed by atoms with van der Waals surface area (Å²) in [5, 5.41) is 10.8. The SMILES string of the molecule is CSc1nnc(SCC(=O)NCCc2ccc(F)cc2)s1. The van der Waals surface area contributed by atoms with Crippen molar-refractivity contribution in [3.8, 4) is 0 Å². The smallest absolute Gasteiger partial charge is 0.230 e. The standard InChI is InChI=1S/C13H14FN3OS3/c1-19-12-16-17-13(21-12)20-8-11(18)15-7-6-9-2-4-10(14)5-3-9/h2-5H,6-8H2,1H3,(H,15,18). The fourth-order valence-corrected chi connectivity index (χ4v) is 3.78. The molecule has 1 heterocycles. The van der Waals surface area contributed by atoms with Gasteiger partial charge in [0, 0.05) is 6.54 Å². The van der Waals surface area contributed by atoms with Gasteiger partial charge in [-0.25, -0.2) is 4.39 Å². The van der Waals surface area contributed by atoms with Gasteiger partial charge in [0.05, 0.1) is 5.75 Å². The van der Waals surface area contributed by atoms with Crippen LogP contribution >= 0.6 is 34.9 Å². The van der Waals surface area contributed by atoms with Crippen LogP contribution in [0.15, 0.2) is 32.9 Å². The summed E-state index contributed by atoms with van der Waals surface area (Å²) in [7, 11) is 0. The largest absolute Gasteiger partial charge is 0.355 e. The molecule has 1 N–H and O–H groups in total. The maximum absolute atomic E-state index is 12.7. The number of benzene rings is 1. The van der Waals surface area contributed by atoms with Gasteiger partial charge < -0.3 is 5.32 Å². The Morgan fingerprint density at radius 2 is 2.00 bits per heavy atom. The van der Waals surface area contributed by atoms with E-state index in [1.807, 2.05) is 6.26 Å². The van der Waals surface area contributed by atoms with E-state index in [1.165, 1.54) is 35.2 Å². The van der Waals surface area contributed by atoms with Crippen LogP contribution in [0.3, 0.4) is 0 Å². The van der Waals surface area contributed by atoms with Crippen molar-refractivity contribution < 1.29 is 9.18 Å². The van der Waals surface area contributed by atoms with Gasteiger partial charge in [0.15, 0.2) is 8.68 Å². The van der Waals surface area contributed by atoms with Crippen LogP contribution < -0.4 is 5.32 Å². The molecule has 0 spiro atoms. The molecular weight excluding hydrogens is 329 g/mol. The molecule has 1 amide bonds. The number of carbonyl (C=O) groups is 1. The molecule has 0 unspecified atom stereocenters. The summed E-state index contributed by atoms with van der Waals surface area (Å²) in [6.07, 6.45) is 2.63. The summed E-state index contributed by atoms with van der Waals surface area (Å²) in [6.45, 7) is 0.539. The van der Waals surface area contributed by atoms with E-state index in [0.29, 0.717) is 18.7 Å². The summed E-state index contributed by atoms with van der Waals surface area (Å²) in [6, 6.07) is 6.29. The zero-order valence-electron chi connectivity index (χ0n) is 11.3. The van der Waals surface area contributed by atoms with E-state index in [0.717, 1.165) is 14.2 Å². The molecule has 21 heavy (non-hydrogen) atoms. The first-order valence-corrected chi connectivity index (χ1v) is 9.21. The first-order valence-electron chi connectivity index (χ1n) is 6.19. The van der Waals surface area contributed by atoms with E-state index >= 15 is 0 Å². The molecule has 8 heteroatoms. The first kappa shape index (κ1) is 16.3. The third-order valence-corrected chi connectivity index (χ3v) is 5.57. The van der Waals surface area contributed by atoms with Crippen molar-refractivity contribution in [3.63, 3.8) is 0 Å². The molecule has 1 aromatic heterocycles. The Morgan fingerprint density at radius 3 is 2.67 bits per heavy atom. The molecule has 0 radical (unpaired) electrons. The van der Waals surface area contributed by atoms with Crippen molar-refractivity contribution in [1.82, 2.24) is 15.5 Å². The van der Waals surface area contributed by atoms with Crippen LogP contribution in [0.2, 0.25) is 0 Å². The van der Waals surface area contributed by atoms with Crippen molar-refractivity contribution in [3.05, 3.63) is 35.6 Å². The molecule has 2 rings (SSSR count). The highest BCUT2D eigenvalue weighted by Gasteiger charge is 2.07. The zero-order chi connectivity index (χ0) is 15.1. The van der Waals surface area contributed by atoms with Gasteiger partial charge in [-0.2, -0.15) is 0 Å². The second-order valence-electron chi connectivity index (χ2n) is 4.05. The molecule has 0 bridgehead atoms. The number of nitrogens with zero attached hydrogens (tertiary/aromatic N) is 2. The molecule has 112 valence electrons. The molecular formula is C13H14FN3OS3. The molecule has 0 aliphatic heterocycles. The summed E-state index contributed by atoms with van der Waals surface area (Å²) in [5.74, 6) is 0.0377. The predicted octanol–water partition coefficient (Wildman–Crippen LogP) is 2.85. The molecule has 0 saturated heterocycles. The van der Waals surface area contributed by atoms with Gasteiger partial charge in [-0.15, -0.1) is 10.2 Å². The van der Waals surface area contributed by atoms with Crippen LogP contribution in [-0.4, -0.2) is 34.7 Å². The number of carbonyl (C=O) groups excluding carboxylic acids is 1. The van der Waals surface area contributed by atoms with Gasteiger partial charge in [0.25, 0.3) is 0 Å². The van der Waals surface area contributed by atoms with Crippen LogP contribution in [0.5, 0.6) is 0 Å². The van der Waals surface area contributed by atoms with Crippen molar-refractivity contribution in [2.45, 2.75) is 15.1 Å². The minimum Gasteiger partial charge on any atom is -0.355 e. The Bertz CT molecular complexity index is 589. The lowest BCUT2D eigenvalue weighted by Gasteiger charge is -2.04. The summed E-state index contributed by atoms with van der Waals surface area (Å²) in [4.78, 5) is 11.7. The average Bonchev–Trinajstić information content (AvgIpc) is 2.95. The number of rotatable bonds is 7. The predicted molar refractivity (Wildman–Crippen MR) is 85.5 cm³/mol. The summed E-state index contributed by atoms with van der Waals surface area (Å²) in [5.41, 5.74) is 0.998. The second-order valence-corrected chi connectivity index (χ2v) is 7.31. The number of hydrogen-bond donors (Lipinski definition) is 1. The molecule has 0 fully saturated rings. The molecule has 2 aromatic rings. The van der Waals surface area contributed by atoms with E-state index in [1.54, 1.807) is 23.9 Å². The number of nitrogens with one attached hydrogen (secondary N) is 1. The Morgan fingerprint density at radius 1 is 1.29 bits per heavy atom. The lowest BCUT2D eigenvalue weighted by Crippen LogP contribution is -2.27. The maximum Gasteiger partial charge on any atom is 0.230 e. The number of halogens is 1. The minimum atomic E-state index is -0.249. The fourth-order valence-electron chi connectivity index (χ4n) is 1.51. The van der Waals surface area contributed by atoms with Crippen LogP contribution in [0.25, 0.3) is 0 Å². The van der Waals surface area contributed by atoms with Crippen molar-refractivity contribution in [1.29, 1.82) is 0 Å². The number of aromatic nitrogens is 2. The first-order chi connectivity index (χ1) is 10.2. The van der Waals surface area contributed by atoms with Crippen LogP contribution in [0, 0.1) is 5.82 Å². The second kappa shape index (κ2) is 8.35. The Labute approximate surface area is 134 Å². The van der Waals surface area contributed by atoms with E-state index in [4.69, 9.17) is 0 Å². The average molecular weight is 343 g/mol. The van der Waals surface area contributed by atoms with Gasteiger partial charge in [0.1, 0.15) is 5.82 Å². The van der Waals surface area contributed by atoms with Crippen LogP contribution in [0.1, 0.15) is 5.56 Å². The van der Waals surface area contributed by atoms with Gasteiger partial charge in [0.2, 0.25) is 5.91 Å². The van der Waals surface area contributed by atoms with Crippen molar-refractivity contribution >= 4 is 40.8 Å². The normalized spacial score (nSPS) is 10.6. The van der Waals surface area contributed by atoms with E-state index in [-0.39, 0.29) is 11.7 Å². The lowest BCUT2D eigenvalue weighted by atomic mass is 10.1. The third-order valence-electron chi connectivity index (χ3n) is 2.54. The summed E-state index contributed by atoms with van der Waals surface area (Å²) >= 11 is 4.41. The number of hydrogen-bond acceptors (Lipinski definition) is 6. The highest BCUT2D eigenvalue weighted by molar-refractivity contribution is 8.03. The highest BCUT2D eigenvalue weighted by Crippen LogP contribution is 2.26. The quantitative estimate of drug-likeness (QED) is 0.784. The van der Waals surface area contributed by atoms with Gasteiger partial charge in [-0.3, -0.25) is 4.79 Å². The van der Waals surface area contributed by atoms with Gasteiger partial charge in [-0.05, 0) is 30.4 Å². The molecule has 0 aliphatic carbocycles. The van der Waals surface area contributed by atoms with Crippen LogP contribution in [-0.2, 0) is 11.2 Å². The lowest BCUT2D eigenvalue weighted by molar-refractivity contribution is -0.118. The molecule has 0 atom stereocenters. The Balaban J connectivity index is 1.66. The van der Waals surface area contributed by atoms with E-state index in [2.05, 4.69) is 15.5 Å². The number of amides is 1. The number of thioether (sulfide) groups is 2. The Hall–Kier alpha value is -1.12. The van der Waals surface area contributed by atoms with Crippen molar-refractivity contribution in [2.75, 3.05) is 18.6 Å². The van der Waals surface area contributed by atoms with E-state index < -0.39 is 0 Å².